The summed E-state index contributed by atoms with van der Waals surface area (Å²) >= 11 is 0. The van der Waals surface area contributed by atoms with Crippen LogP contribution in [0.1, 0.15) is 18.1 Å². The van der Waals surface area contributed by atoms with Crippen molar-refractivity contribution < 1.29 is 17.5 Å². The molecule has 7 heteroatoms. The topological polar surface area (TPSA) is 65.4 Å². The molecular weight excluding hydrogens is 429 g/mol. The number of aromatic nitrogens is 1. The lowest BCUT2D eigenvalue weighted by Gasteiger charge is -2.15. The third-order valence-electron chi connectivity index (χ3n) is 5.22. The van der Waals surface area contributed by atoms with Crippen LogP contribution in [0.2, 0.25) is 0 Å². The lowest BCUT2D eigenvalue weighted by atomic mass is 10.1. The van der Waals surface area contributed by atoms with Gasteiger partial charge in [-0.1, -0.05) is 29.8 Å². The number of fused-ring (bicyclic) bond motifs is 1. The van der Waals surface area contributed by atoms with E-state index in [1.807, 2.05) is 13.8 Å². The van der Waals surface area contributed by atoms with E-state index in [2.05, 4.69) is 0 Å². The van der Waals surface area contributed by atoms with Crippen LogP contribution in [-0.4, -0.2) is 19.6 Å². The number of nitrogens with zero attached hydrogens (tertiary/aromatic N) is 1. The highest BCUT2D eigenvalue weighted by Crippen LogP contribution is 2.25. The summed E-state index contributed by atoms with van der Waals surface area (Å²) in [6.45, 7) is 4.37. The Morgan fingerprint density at radius 3 is 2.31 bits per heavy atom. The first-order chi connectivity index (χ1) is 15.3. The molecule has 0 aliphatic heterocycles. The van der Waals surface area contributed by atoms with Crippen molar-refractivity contribution in [3.05, 3.63) is 100 Å². The Morgan fingerprint density at radius 1 is 0.969 bits per heavy atom. The molecule has 0 atom stereocenters. The summed E-state index contributed by atoms with van der Waals surface area (Å²) in [5.41, 5.74) is 1.66. The summed E-state index contributed by atoms with van der Waals surface area (Å²) in [4.78, 5) is 13.1. The molecule has 0 spiro atoms. The van der Waals surface area contributed by atoms with Crippen molar-refractivity contribution in [3.8, 4) is 5.75 Å². The highest BCUT2D eigenvalue weighted by Gasteiger charge is 2.24. The third-order valence-corrected chi connectivity index (χ3v) is 6.98. The average Bonchev–Trinajstić information content (AvgIpc) is 2.77. The zero-order chi connectivity index (χ0) is 22.9. The van der Waals surface area contributed by atoms with Crippen LogP contribution in [0.25, 0.3) is 10.9 Å². The fraction of sp³-hybridized carbons (Fsp3) is 0.160. The van der Waals surface area contributed by atoms with Crippen LogP contribution in [0.15, 0.2) is 87.5 Å². The van der Waals surface area contributed by atoms with E-state index < -0.39 is 15.3 Å². The van der Waals surface area contributed by atoms with Crippen molar-refractivity contribution in [2.75, 3.05) is 6.61 Å². The van der Waals surface area contributed by atoms with Crippen molar-refractivity contribution in [1.82, 2.24) is 4.57 Å². The van der Waals surface area contributed by atoms with Crippen molar-refractivity contribution in [3.63, 3.8) is 0 Å². The molecule has 0 unspecified atom stereocenters. The number of hydrogen-bond acceptors (Lipinski definition) is 4. The van der Waals surface area contributed by atoms with Crippen LogP contribution in [0.4, 0.5) is 4.39 Å². The summed E-state index contributed by atoms with van der Waals surface area (Å²) in [6.07, 6.45) is 1.36. The molecule has 0 bridgehead atoms. The molecule has 0 aliphatic carbocycles. The summed E-state index contributed by atoms with van der Waals surface area (Å²) in [6, 6.07) is 17.4. The first-order valence-corrected chi connectivity index (χ1v) is 11.6. The Morgan fingerprint density at radius 2 is 1.66 bits per heavy atom. The standard InChI is InChI=1S/C25H22FNO4S/c1-3-31-20-10-13-23-22(14-20)25(28)24(32(29,30)21-11-4-17(2)5-12-21)16-27(23)15-18-6-8-19(26)9-7-18/h4-14,16H,3,15H2,1-2H3. The predicted octanol–water partition coefficient (Wildman–Crippen LogP) is 4.73. The van der Waals surface area contributed by atoms with Gasteiger partial charge in [0.25, 0.3) is 0 Å². The van der Waals surface area contributed by atoms with Gasteiger partial charge in [0.1, 0.15) is 16.5 Å². The van der Waals surface area contributed by atoms with Gasteiger partial charge in [0.2, 0.25) is 15.3 Å². The molecule has 3 aromatic carbocycles. The van der Waals surface area contributed by atoms with Gasteiger partial charge in [0.15, 0.2) is 0 Å². The van der Waals surface area contributed by atoms with Gasteiger partial charge in [-0.2, -0.15) is 0 Å². The Hall–Kier alpha value is -3.45. The van der Waals surface area contributed by atoms with Gasteiger partial charge in [0, 0.05) is 12.7 Å². The average molecular weight is 452 g/mol. The fourth-order valence-corrected chi connectivity index (χ4v) is 4.93. The number of aryl methyl sites for hydroxylation is 1. The second-order valence-electron chi connectivity index (χ2n) is 7.51. The Labute approximate surface area is 185 Å². The van der Waals surface area contributed by atoms with Crippen LogP contribution in [0.5, 0.6) is 5.75 Å². The molecule has 0 N–H and O–H groups in total. The quantitative estimate of drug-likeness (QED) is 0.425. The molecule has 0 fully saturated rings. The highest BCUT2D eigenvalue weighted by atomic mass is 32.2. The van der Waals surface area contributed by atoms with Gasteiger partial charge in [-0.05, 0) is 61.9 Å². The molecule has 0 amide bonds. The maximum absolute atomic E-state index is 13.4. The van der Waals surface area contributed by atoms with Crippen LogP contribution in [-0.2, 0) is 16.4 Å². The third kappa shape index (κ3) is 4.16. The van der Waals surface area contributed by atoms with Gasteiger partial charge in [-0.25, -0.2) is 12.8 Å². The molecule has 5 nitrogen and oxygen atoms in total. The van der Waals surface area contributed by atoms with Gasteiger partial charge in [-0.3, -0.25) is 4.79 Å². The van der Waals surface area contributed by atoms with E-state index in [1.54, 1.807) is 47.0 Å². The molecule has 0 saturated carbocycles. The van der Waals surface area contributed by atoms with E-state index in [-0.39, 0.29) is 27.5 Å². The summed E-state index contributed by atoms with van der Waals surface area (Å²) < 4.78 is 47.3. The fourth-order valence-electron chi connectivity index (χ4n) is 3.56. The summed E-state index contributed by atoms with van der Waals surface area (Å²) in [5, 5.41) is 0.242. The number of halogens is 1. The normalized spacial score (nSPS) is 11.6. The minimum absolute atomic E-state index is 0.0499. The zero-order valence-corrected chi connectivity index (χ0v) is 18.5. The first kappa shape index (κ1) is 21.8. The predicted molar refractivity (Wildman–Crippen MR) is 122 cm³/mol. The van der Waals surface area contributed by atoms with E-state index in [1.165, 1.54) is 30.5 Å². The van der Waals surface area contributed by atoms with E-state index in [0.29, 0.717) is 17.9 Å². The van der Waals surface area contributed by atoms with Gasteiger partial charge in [-0.15, -0.1) is 0 Å². The van der Waals surface area contributed by atoms with Crippen LogP contribution in [0, 0.1) is 12.7 Å². The minimum Gasteiger partial charge on any atom is -0.494 e. The van der Waals surface area contributed by atoms with Gasteiger partial charge < -0.3 is 9.30 Å². The maximum atomic E-state index is 13.4. The largest absolute Gasteiger partial charge is 0.494 e. The minimum atomic E-state index is -4.06. The lowest BCUT2D eigenvalue weighted by Crippen LogP contribution is -2.20. The highest BCUT2D eigenvalue weighted by molar-refractivity contribution is 7.91. The molecule has 1 heterocycles. The molecule has 1 aromatic heterocycles. The van der Waals surface area contributed by atoms with Crippen molar-refractivity contribution in [2.45, 2.75) is 30.2 Å². The number of sulfone groups is 1. The van der Waals surface area contributed by atoms with Crippen molar-refractivity contribution in [1.29, 1.82) is 0 Å². The Bertz CT molecular complexity index is 1440. The van der Waals surface area contributed by atoms with Gasteiger partial charge in [0.05, 0.1) is 22.4 Å². The van der Waals surface area contributed by atoms with E-state index in [9.17, 15) is 17.6 Å². The first-order valence-electron chi connectivity index (χ1n) is 10.2. The molecular formula is C25H22FNO4S. The van der Waals surface area contributed by atoms with E-state index >= 15 is 0 Å². The molecule has 0 aliphatic rings. The van der Waals surface area contributed by atoms with Crippen LogP contribution in [0.3, 0.4) is 0 Å². The molecule has 0 saturated heterocycles. The Balaban J connectivity index is 1.95. The second-order valence-corrected chi connectivity index (χ2v) is 9.42. The molecule has 4 rings (SSSR count). The molecule has 4 aromatic rings. The molecule has 32 heavy (non-hydrogen) atoms. The number of hydrogen-bond donors (Lipinski definition) is 0. The second kappa shape index (κ2) is 8.59. The smallest absolute Gasteiger partial charge is 0.211 e. The summed E-state index contributed by atoms with van der Waals surface area (Å²) in [7, 11) is -4.06. The maximum Gasteiger partial charge on any atom is 0.211 e. The lowest BCUT2D eigenvalue weighted by molar-refractivity contribution is 0.340. The van der Waals surface area contributed by atoms with Gasteiger partial charge >= 0.3 is 0 Å². The number of ether oxygens (including phenoxy) is 1. The number of rotatable bonds is 6. The zero-order valence-electron chi connectivity index (χ0n) is 17.7. The summed E-state index contributed by atoms with van der Waals surface area (Å²) in [5.74, 6) is 0.123. The number of benzene rings is 3. The Kier molecular flexibility index (Phi) is 5.84. The molecule has 164 valence electrons. The van der Waals surface area contributed by atoms with Crippen LogP contribution < -0.4 is 10.2 Å². The number of pyridine rings is 1. The molecule has 0 radical (unpaired) electrons. The SMILES string of the molecule is CCOc1ccc2c(c1)c(=O)c(S(=O)(=O)c1ccc(C)cc1)cn2Cc1ccc(F)cc1. The van der Waals surface area contributed by atoms with Crippen molar-refractivity contribution >= 4 is 20.7 Å². The van der Waals surface area contributed by atoms with Crippen molar-refractivity contribution in [2.24, 2.45) is 0 Å². The van der Waals surface area contributed by atoms with E-state index in [4.69, 9.17) is 4.74 Å². The monoisotopic (exact) mass is 451 g/mol. The van der Waals surface area contributed by atoms with Crippen LogP contribution >= 0.6 is 0 Å². The van der Waals surface area contributed by atoms with E-state index in [0.717, 1.165) is 11.1 Å².